The van der Waals surface area contributed by atoms with Gasteiger partial charge in [0, 0.05) is 24.3 Å². The largest absolute Gasteiger partial charge is 0.365 e. The molecule has 2 aromatic rings. The number of rotatable bonds is 3. The summed E-state index contributed by atoms with van der Waals surface area (Å²) in [4.78, 5) is 6.96. The Morgan fingerprint density at radius 2 is 1.93 bits per heavy atom. The van der Waals surface area contributed by atoms with Crippen LogP contribution in [0.25, 0.3) is 0 Å². The highest BCUT2D eigenvalue weighted by Gasteiger charge is 1.88. The van der Waals surface area contributed by atoms with E-state index in [0.717, 1.165) is 0 Å². The van der Waals surface area contributed by atoms with Crippen LogP contribution in [0.4, 0.5) is 0 Å². The van der Waals surface area contributed by atoms with Crippen molar-refractivity contribution < 1.29 is 0 Å². The lowest BCUT2D eigenvalue weighted by atomic mass is 10.2. The number of nitrogens with zero attached hydrogens (tertiary/aromatic N) is 1. The summed E-state index contributed by atoms with van der Waals surface area (Å²) >= 11 is 0. The summed E-state index contributed by atoms with van der Waals surface area (Å²) in [5.74, 6) is 0. The van der Waals surface area contributed by atoms with Crippen LogP contribution >= 0.6 is 0 Å². The monoisotopic (exact) mass is 202 g/mol. The normalized spacial score (nSPS) is 9.13. The van der Waals surface area contributed by atoms with Gasteiger partial charge in [-0.2, -0.15) is 0 Å². The molecule has 2 rings (SSSR count). The SMILES string of the molecule is CCCCc1ccc[nH]1.c1ccncc1. The highest BCUT2D eigenvalue weighted by molar-refractivity contribution is 5.03. The van der Waals surface area contributed by atoms with Crippen LogP contribution in [0.1, 0.15) is 25.5 Å². The molecule has 2 nitrogen and oxygen atoms in total. The van der Waals surface area contributed by atoms with E-state index in [9.17, 15) is 0 Å². The molecular formula is C13H18N2. The Bertz CT molecular complexity index is 287. The maximum atomic E-state index is 3.78. The number of H-pyrrole nitrogens is 1. The summed E-state index contributed by atoms with van der Waals surface area (Å²) in [6.45, 7) is 2.21. The first kappa shape index (κ1) is 11.5. The van der Waals surface area contributed by atoms with E-state index in [4.69, 9.17) is 0 Å². The molecule has 0 aliphatic carbocycles. The average molecular weight is 202 g/mol. The molecule has 0 bridgehead atoms. The number of pyridine rings is 1. The second-order valence-electron chi connectivity index (χ2n) is 3.32. The van der Waals surface area contributed by atoms with E-state index in [1.54, 1.807) is 12.4 Å². The summed E-state index contributed by atoms with van der Waals surface area (Å²) in [6, 6.07) is 9.90. The zero-order valence-corrected chi connectivity index (χ0v) is 9.19. The minimum Gasteiger partial charge on any atom is -0.365 e. The van der Waals surface area contributed by atoms with Crippen LogP contribution in [-0.2, 0) is 6.42 Å². The third kappa shape index (κ3) is 5.68. The zero-order valence-electron chi connectivity index (χ0n) is 9.19. The molecule has 0 radical (unpaired) electrons. The van der Waals surface area contributed by atoms with E-state index < -0.39 is 0 Å². The number of nitrogens with one attached hydrogen (secondary N) is 1. The fraction of sp³-hybridized carbons (Fsp3) is 0.308. The van der Waals surface area contributed by atoms with Crippen molar-refractivity contribution in [2.45, 2.75) is 26.2 Å². The predicted octanol–water partition coefficient (Wildman–Crippen LogP) is 3.44. The second-order valence-corrected chi connectivity index (χ2v) is 3.32. The number of aryl methyl sites for hydroxylation is 1. The van der Waals surface area contributed by atoms with Crippen molar-refractivity contribution in [1.29, 1.82) is 0 Å². The molecule has 80 valence electrons. The van der Waals surface area contributed by atoms with Gasteiger partial charge < -0.3 is 4.98 Å². The third-order valence-corrected chi connectivity index (χ3v) is 2.03. The topological polar surface area (TPSA) is 28.7 Å². The molecule has 0 unspecified atom stereocenters. The van der Waals surface area contributed by atoms with E-state index in [-0.39, 0.29) is 0 Å². The van der Waals surface area contributed by atoms with Crippen molar-refractivity contribution in [3.63, 3.8) is 0 Å². The molecule has 2 heterocycles. The van der Waals surface area contributed by atoms with Gasteiger partial charge in [0.15, 0.2) is 0 Å². The fourth-order valence-electron chi connectivity index (χ4n) is 1.20. The van der Waals surface area contributed by atoms with Crippen LogP contribution in [0.5, 0.6) is 0 Å². The molecule has 0 aliphatic heterocycles. The highest BCUT2D eigenvalue weighted by atomic mass is 14.7. The Kier molecular flexibility index (Phi) is 5.98. The first-order valence-corrected chi connectivity index (χ1v) is 5.40. The molecule has 0 amide bonds. The first-order valence-electron chi connectivity index (χ1n) is 5.40. The van der Waals surface area contributed by atoms with Crippen molar-refractivity contribution in [3.05, 3.63) is 54.6 Å². The van der Waals surface area contributed by atoms with Crippen molar-refractivity contribution in [2.75, 3.05) is 0 Å². The molecule has 15 heavy (non-hydrogen) atoms. The van der Waals surface area contributed by atoms with Crippen molar-refractivity contribution in [3.8, 4) is 0 Å². The van der Waals surface area contributed by atoms with Crippen LogP contribution in [0.3, 0.4) is 0 Å². The van der Waals surface area contributed by atoms with Crippen LogP contribution in [0, 0.1) is 0 Å². The minimum atomic E-state index is 1.20. The lowest BCUT2D eigenvalue weighted by Gasteiger charge is -1.91. The molecule has 1 N–H and O–H groups in total. The molecule has 0 atom stereocenters. The van der Waals surface area contributed by atoms with Gasteiger partial charge in [-0.25, -0.2) is 0 Å². The number of aromatic nitrogens is 2. The Hall–Kier alpha value is -1.57. The van der Waals surface area contributed by atoms with E-state index in [0.29, 0.717) is 0 Å². The van der Waals surface area contributed by atoms with Gasteiger partial charge in [0.1, 0.15) is 0 Å². The van der Waals surface area contributed by atoms with Gasteiger partial charge in [-0.05, 0) is 37.1 Å². The van der Waals surface area contributed by atoms with Crippen LogP contribution in [-0.4, -0.2) is 9.97 Å². The van der Waals surface area contributed by atoms with Crippen molar-refractivity contribution in [1.82, 2.24) is 9.97 Å². The average Bonchev–Trinajstić information content (AvgIpc) is 2.82. The number of hydrogen-bond donors (Lipinski definition) is 1. The van der Waals surface area contributed by atoms with Crippen LogP contribution in [0.15, 0.2) is 48.9 Å². The fourth-order valence-corrected chi connectivity index (χ4v) is 1.20. The first-order chi connectivity index (χ1) is 7.43. The minimum absolute atomic E-state index is 1.20. The maximum absolute atomic E-state index is 3.78. The molecule has 2 heteroatoms. The molecule has 0 aliphatic rings. The van der Waals surface area contributed by atoms with Crippen molar-refractivity contribution in [2.24, 2.45) is 0 Å². The Morgan fingerprint density at radius 1 is 1.13 bits per heavy atom. The summed E-state index contributed by atoms with van der Waals surface area (Å²) in [5, 5.41) is 0. The third-order valence-electron chi connectivity index (χ3n) is 2.03. The van der Waals surface area contributed by atoms with E-state index in [1.807, 2.05) is 30.5 Å². The van der Waals surface area contributed by atoms with E-state index in [1.165, 1.54) is 25.0 Å². The van der Waals surface area contributed by atoms with Crippen LogP contribution < -0.4 is 0 Å². The maximum Gasteiger partial charge on any atom is 0.0267 e. The standard InChI is InChI=1S/C8H13N.C5H5N/c1-2-3-5-8-6-4-7-9-8;1-2-4-6-5-3-1/h4,6-7,9H,2-3,5H2,1H3;1-5H. The van der Waals surface area contributed by atoms with Gasteiger partial charge in [-0.15, -0.1) is 0 Å². The lowest BCUT2D eigenvalue weighted by Crippen LogP contribution is -1.81. The number of aromatic amines is 1. The lowest BCUT2D eigenvalue weighted by molar-refractivity contribution is 0.781. The van der Waals surface area contributed by atoms with Gasteiger partial charge in [0.05, 0.1) is 0 Å². The van der Waals surface area contributed by atoms with E-state index in [2.05, 4.69) is 23.0 Å². The Morgan fingerprint density at radius 3 is 2.33 bits per heavy atom. The number of unbranched alkanes of at least 4 members (excludes halogenated alkanes) is 1. The Labute approximate surface area is 91.4 Å². The quantitative estimate of drug-likeness (QED) is 0.811. The van der Waals surface area contributed by atoms with Gasteiger partial charge in [-0.1, -0.05) is 19.4 Å². The second kappa shape index (κ2) is 7.80. The summed E-state index contributed by atoms with van der Waals surface area (Å²) in [5.41, 5.74) is 1.36. The van der Waals surface area contributed by atoms with Gasteiger partial charge in [0.25, 0.3) is 0 Å². The van der Waals surface area contributed by atoms with Gasteiger partial charge >= 0.3 is 0 Å². The van der Waals surface area contributed by atoms with Crippen LogP contribution in [0.2, 0.25) is 0 Å². The summed E-state index contributed by atoms with van der Waals surface area (Å²) in [7, 11) is 0. The molecule has 2 aromatic heterocycles. The van der Waals surface area contributed by atoms with Gasteiger partial charge in [-0.3, -0.25) is 4.98 Å². The summed E-state index contributed by atoms with van der Waals surface area (Å²) in [6.07, 6.45) is 9.24. The summed E-state index contributed by atoms with van der Waals surface area (Å²) < 4.78 is 0. The molecule has 0 aromatic carbocycles. The molecule has 0 fully saturated rings. The van der Waals surface area contributed by atoms with Gasteiger partial charge in [0.2, 0.25) is 0 Å². The van der Waals surface area contributed by atoms with Crippen molar-refractivity contribution >= 4 is 0 Å². The van der Waals surface area contributed by atoms with E-state index >= 15 is 0 Å². The molecule has 0 saturated carbocycles. The highest BCUT2D eigenvalue weighted by Crippen LogP contribution is 2.00. The predicted molar refractivity (Wildman–Crippen MR) is 63.6 cm³/mol. The molecule has 0 spiro atoms. The zero-order chi connectivity index (χ0) is 10.8. The number of hydrogen-bond acceptors (Lipinski definition) is 1. The Balaban J connectivity index is 0.000000162. The molecular weight excluding hydrogens is 184 g/mol. The molecule has 0 saturated heterocycles. The smallest absolute Gasteiger partial charge is 0.0267 e.